The third-order valence-corrected chi connectivity index (χ3v) is 4.08. The van der Waals surface area contributed by atoms with Gasteiger partial charge in [0.1, 0.15) is 0 Å². The molecule has 4 nitrogen and oxygen atoms in total. The molecule has 2 N–H and O–H groups in total. The molecule has 0 saturated heterocycles. The van der Waals surface area contributed by atoms with E-state index in [9.17, 15) is 9.59 Å². The summed E-state index contributed by atoms with van der Waals surface area (Å²) in [6, 6.07) is 6.64. The number of carbonyl (C=O) groups is 2. The molecule has 1 rings (SSSR count). The first-order chi connectivity index (χ1) is 9.78. The van der Waals surface area contributed by atoms with Crippen LogP contribution in [-0.2, 0) is 11.2 Å². The molecule has 1 aromatic rings. The van der Waals surface area contributed by atoms with Crippen LogP contribution in [0.5, 0.6) is 0 Å². The minimum atomic E-state index is -0.935. The van der Waals surface area contributed by atoms with Crippen molar-refractivity contribution in [3.05, 3.63) is 35.4 Å². The lowest BCUT2D eigenvalue weighted by atomic mass is 10.1. The summed E-state index contributed by atoms with van der Waals surface area (Å²) in [6.07, 6.45) is 1.05. The Labute approximate surface area is 130 Å². The zero-order valence-electron chi connectivity index (χ0n) is 12.8. The van der Waals surface area contributed by atoms with Crippen molar-refractivity contribution in [2.24, 2.45) is 0 Å². The van der Waals surface area contributed by atoms with E-state index in [-0.39, 0.29) is 16.2 Å². The fourth-order valence-corrected chi connectivity index (χ4v) is 2.52. The van der Waals surface area contributed by atoms with Crippen molar-refractivity contribution in [1.29, 1.82) is 0 Å². The van der Waals surface area contributed by atoms with E-state index in [1.807, 2.05) is 11.8 Å². The summed E-state index contributed by atoms with van der Waals surface area (Å²) in [5.74, 6) is 0.00481. The highest BCUT2D eigenvalue weighted by atomic mass is 32.2. The van der Waals surface area contributed by atoms with Crippen molar-refractivity contribution in [3.63, 3.8) is 0 Å². The van der Waals surface area contributed by atoms with E-state index in [4.69, 9.17) is 5.11 Å². The summed E-state index contributed by atoms with van der Waals surface area (Å²) in [7, 11) is 0. The van der Waals surface area contributed by atoms with Crippen molar-refractivity contribution < 1.29 is 14.7 Å². The first-order valence-electron chi connectivity index (χ1n) is 7.01. The van der Waals surface area contributed by atoms with Gasteiger partial charge >= 0.3 is 5.97 Å². The molecule has 0 atom stereocenters. The number of nitrogens with one attached hydrogen (secondary N) is 1. The number of hydrogen-bond acceptors (Lipinski definition) is 3. The monoisotopic (exact) mass is 309 g/mol. The third kappa shape index (κ3) is 7.75. The van der Waals surface area contributed by atoms with Crippen LogP contribution in [0.4, 0.5) is 0 Å². The highest BCUT2D eigenvalue weighted by Gasteiger charge is 2.10. The number of thioether (sulfide) groups is 1. The Morgan fingerprint density at radius 1 is 1.19 bits per heavy atom. The predicted octanol–water partition coefficient (Wildman–Crippen LogP) is 2.97. The van der Waals surface area contributed by atoms with Crippen LogP contribution in [0.15, 0.2) is 24.3 Å². The van der Waals surface area contributed by atoms with Gasteiger partial charge in [-0.15, -0.1) is 0 Å². The standard InChI is InChI=1S/C16H23NO3S/c1-16(2,3)21-11-10-17-14(18)9-6-12-4-7-13(8-5-12)15(19)20/h4-5,7-8H,6,9-11H2,1-3H3,(H,17,18)(H,19,20). The number of carboxylic acids is 1. The van der Waals surface area contributed by atoms with Crippen LogP contribution in [0.1, 0.15) is 43.1 Å². The molecule has 0 aromatic heterocycles. The molecule has 0 spiro atoms. The molecular formula is C16H23NO3S. The third-order valence-electron chi connectivity index (χ3n) is 2.80. The molecule has 116 valence electrons. The van der Waals surface area contributed by atoms with E-state index in [1.54, 1.807) is 24.3 Å². The summed E-state index contributed by atoms with van der Waals surface area (Å²) in [5, 5.41) is 11.7. The van der Waals surface area contributed by atoms with E-state index < -0.39 is 5.97 Å². The second-order valence-electron chi connectivity index (χ2n) is 5.81. The van der Waals surface area contributed by atoms with Gasteiger partial charge in [0.2, 0.25) is 5.91 Å². The Hall–Kier alpha value is -1.49. The summed E-state index contributed by atoms with van der Waals surface area (Å²) in [5.41, 5.74) is 1.24. The largest absolute Gasteiger partial charge is 0.478 e. The number of benzene rings is 1. The predicted molar refractivity (Wildman–Crippen MR) is 86.9 cm³/mol. The second kappa shape index (κ2) is 8.08. The van der Waals surface area contributed by atoms with E-state index in [1.165, 1.54) is 0 Å². The SMILES string of the molecule is CC(C)(C)SCCNC(=O)CCc1ccc(C(=O)O)cc1. The minimum absolute atomic E-state index is 0.0341. The van der Waals surface area contributed by atoms with Crippen LogP contribution in [0.25, 0.3) is 0 Å². The maximum Gasteiger partial charge on any atom is 0.335 e. The van der Waals surface area contributed by atoms with Crippen LogP contribution in [0.2, 0.25) is 0 Å². The number of carbonyl (C=O) groups excluding carboxylic acids is 1. The van der Waals surface area contributed by atoms with Gasteiger partial charge in [-0.25, -0.2) is 4.79 Å². The Morgan fingerprint density at radius 3 is 2.33 bits per heavy atom. The highest BCUT2D eigenvalue weighted by molar-refractivity contribution is 8.00. The smallest absolute Gasteiger partial charge is 0.335 e. The molecule has 0 bridgehead atoms. The van der Waals surface area contributed by atoms with Crippen LogP contribution in [0.3, 0.4) is 0 Å². The molecule has 5 heteroatoms. The molecule has 0 unspecified atom stereocenters. The Kier molecular flexibility index (Phi) is 6.75. The van der Waals surface area contributed by atoms with Gasteiger partial charge in [0.15, 0.2) is 0 Å². The maximum absolute atomic E-state index is 11.7. The first kappa shape index (κ1) is 17.6. The number of rotatable bonds is 7. The molecule has 0 fully saturated rings. The molecule has 0 saturated carbocycles. The average molecular weight is 309 g/mol. The number of hydrogen-bond donors (Lipinski definition) is 2. The maximum atomic E-state index is 11.7. The van der Waals surface area contributed by atoms with Gasteiger partial charge in [0.05, 0.1) is 5.56 Å². The van der Waals surface area contributed by atoms with Crippen LogP contribution in [-0.4, -0.2) is 34.0 Å². The number of amides is 1. The van der Waals surface area contributed by atoms with E-state index in [0.717, 1.165) is 11.3 Å². The lowest BCUT2D eigenvalue weighted by Gasteiger charge is -2.17. The van der Waals surface area contributed by atoms with E-state index in [2.05, 4.69) is 26.1 Å². The lowest BCUT2D eigenvalue weighted by molar-refractivity contribution is -0.120. The van der Waals surface area contributed by atoms with Crippen molar-refractivity contribution >= 4 is 23.6 Å². The zero-order valence-corrected chi connectivity index (χ0v) is 13.6. The van der Waals surface area contributed by atoms with Crippen molar-refractivity contribution in [2.75, 3.05) is 12.3 Å². The molecule has 0 aliphatic heterocycles. The van der Waals surface area contributed by atoms with Gasteiger partial charge in [-0.2, -0.15) is 11.8 Å². The minimum Gasteiger partial charge on any atom is -0.478 e. The molecule has 0 heterocycles. The summed E-state index contributed by atoms with van der Waals surface area (Å²) in [4.78, 5) is 22.4. The average Bonchev–Trinajstić information content (AvgIpc) is 2.41. The summed E-state index contributed by atoms with van der Waals surface area (Å²) in [6.45, 7) is 7.14. The molecule has 0 radical (unpaired) electrons. The van der Waals surface area contributed by atoms with E-state index >= 15 is 0 Å². The summed E-state index contributed by atoms with van der Waals surface area (Å²) < 4.78 is 0.219. The van der Waals surface area contributed by atoms with E-state index in [0.29, 0.717) is 19.4 Å². The van der Waals surface area contributed by atoms with Crippen molar-refractivity contribution in [2.45, 2.75) is 38.4 Å². The van der Waals surface area contributed by atoms with Gasteiger partial charge < -0.3 is 10.4 Å². The topological polar surface area (TPSA) is 66.4 Å². The fraction of sp³-hybridized carbons (Fsp3) is 0.500. The Morgan fingerprint density at radius 2 is 1.81 bits per heavy atom. The zero-order chi connectivity index (χ0) is 15.9. The lowest BCUT2D eigenvalue weighted by Crippen LogP contribution is -2.27. The molecule has 1 amide bonds. The number of aromatic carboxylic acids is 1. The quantitative estimate of drug-likeness (QED) is 0.760. The van der Waals surface area contributed by atoms with Crippen LogP contribution >= 0.6 is 11.8 Å². The van der Waals surface area contributed by atoms with Gasteiger partial charge in [0, 0.05) is 23.5 Å². The van der Waals surface area contributed by atoms with Crippen molar-refractivity contribution in [3.8, 4) is 0 Å². The Bertz CT molecular complexity index is 477. The molecular weight excluding hydrogens is 286 g/mol. The van der Waals surface area contributed by atoms with Gasteiger partial charge in [0.25, 0.3) is 0 Å². The van der Waals surface area contributed by atoms with Crippen molar-refractivity contribution in [1.82, 2.24) is 5.32 Å². The van der Waals surface area contributed by atoms with Gasteiger partial charge in [-0.05, 0) is 24.1 Å². The normalized spacial score (nSPS) is 11.2. The number of carboxylic acid groups (broad SMARTS) is 1. The molecule has 1 aromatic carbocycles. The molecule has 0 aliphatic rings. The van der Waals surface area contributed by atoms with Crippen LogP contribution in [0, 0.1) is 0 Å². The second-order valence-corrected chi connectivity index (χ2v) is 7.73. The Balaban J connectivity index is 2.25. The molecule has 21 heavy (non-hydrogen) atoms. The van der Waals surface area contributed by atoms with Gasteiger partial charge in [-0.1, -0.05) is 32.9 Å². The highest BCUT2D eigenvalue weighted by Crippen LogP contribution is 2.21. The number of aryl methyl sites for hydroxylation is 1. The molecule has 0 aliphatic carbocycles. The van der Waals surface area contributed by atoms with Crippen LogP contribution < -0.4 is 5.32 Å². The first-order valence-corrected chi connectivity index (χ1v) is 7.99. The van der Waals surface area contributed by atoms with Gasteiger partial charge in [-0.3, -0.25) is 4.79 Å². The fourth-order valence-electron chi connectivity index (χ4n) is 1.71. The summed E-state index contributed by atoms with van der Waals surface area (Å²) >= 11 is 1.82.